The summed E-state index contributed by atoms with van der Waals surface area (Å²) in [5.41, 5.74) is 0.236. The van der Waals surface area contributed by atoms with Gasteiger partial charge >= 0.3 is 5.97 Å². The maximum Gasteiger partial charge on any atom is 0.335 e. The van der Waals surface area contributed by atoms with Crippen molar-refractivity contribution in [3.8, 4) is 0 Å². The zero-order valence-electron chi connectivity index (χ0n) is 15.2. The molecule has 2 amide bonds. The minimum absolute atomic E-state index is 0.0757. The Hall–Kier alpha value is -3.22. The molecular formula is C21H21FN2O4. The van der Waals surface area contributed by atoms with Crippen molar-refractivity contribution in [2.24, 2.45) is 5.92 Å². The van der Waals surface area contributed by atoms with E-state index in [0.717, 1.165) is 18.9 Å². The van der Waals surface area contributed by atoms with Crippen molar-refractivity contribution in [2.75, 3.05) is 19.6 Å². The number of halogens is 1. The Morgan fingerprint density at radius 1 is 1.11 bits per heavy atom. The van der Waals surface area contributed by atoms with E-state index in [1.165, 1.54) is 12.1 Å². The van der Waals surface area contributed by atoms with Crippen LogP contribution in [0.3, 0.4) is 0 Å². The number of hydrogen-bond acceptors (Lipinski definition) is 3. The Labute approximate surface area is 162 Å². The SMILES string of the molecule is O=C(O)c1ccc(C(=O)N2CCCC(CNC(=O)c3ccccc3)C2)c(F)c1. The first-order valence-electron chi connectivity index (χ1n) is 9.11. The third-order valence-corrected chi connectivity index (χ3v) is 4.84. The fraction of sp³-hybridized carbons (Fsp3) is 0.286. The molecule has 0 radical (unpaired) electrons. The lowest BCUT2D eigenvalue weighted by atomic mass is 9.97. The molecule has 1 unspecified atom stereocenters. The van der Waals surface area contributed by atoms with Gasteiger partial charge in [0.25, 0.3) is 11.8 Å². The van der Waals surface area contributed by atoms with Crippen LogP contribution in [0.4, 0.5) is 4.39 Å². The summed E-state index contributed by atoms with van der Waals surface area (Å²) in [5.74, 6) is -2.64. The van der Waals surface area contributed by atoms with E-state index in [9.17, 15) is 18.8 Å². The normalized spacial score (nSPS) is 16.5. The van der Waals surface area contributed by atoms with Gasteiger partial charge in [-0.1, -0.05) is 18.2 Å². The van der Waals surface area contributed by atoms with E-state index in [2.05, 4.69) is 5.32 Å². The number of amides is 2. The standard InChI is InChI=1S/C21H21FN2O4/c22-18-11-16(21(27)28)8-9-17(18)20(26)24-10-4-5-14(13-24)12-23-19(25)15-6-2-1-3-7-15/h1-3,6-9,11,14H,4-5,10,12-13H2,(H,23,25)(H,27,28). The van der Waals surface area contributed by atoms with Gasteiger partial charge in [-0.3, -0.25) is 9.59 Å². The molecule has 1 aliphatic heterocycles. The van der Waals surface area contributed by atoms with E-state index in [-0.39, 0.29) is 23.0 Å². The van der Waals surface area contributed by atoms with Crippen LogP contribution >= 0.6 is 0 Å². The third kappa shape index (κ3) is 4.54. The number of carbonyl (C=O) groups excluding carboxylic acids is 2. The van der Waals surface area contributed by atoms with Crippen LogP contribution < -0.4 is 5.32 Å². The van der Waals surface area contributed by atoms with Crippen molar-refractivity contribution in [3.63, 3.8) is 0 Å². The molecule has 0 spiro atoms. The van der Waals surface area contributed by atoms with Gasteiger partial charge in [-0.05, 0) is 49.1 Å². The minimum atomic E-state index is -1.25. The topological polar surface area (TPSA) is 86.7 Å². The molecule has 6 nitrogen and oxygen atoms in total. The highest BCUT2D eigenvalue weighted by atomic mass is 19.1. The number of rotatable bonds is 5. The summed E-state index contributed by atoms with van der Waals surface area (Å²) in [4.78, 5) is 37.3. The van der Waals surface area contributed by atoms with E-state index in [4.69, 9.17) is 5.11 Å². The molecule has 0 aromatic heterocycles. The molecule has 2 aromatic rings. The highest BCUT2D eigenvalue weighted by molar-refractivity contribution is 5.96. The van der Waals surface area contributed by atoms with Gasteiger partial charge in [0.1, 0.15) is 5.82 Å². The van der Waals surface area contributed by atoms with E-state index < -0.39 is 17.7 Å². The second-order valence-electron chi connectivity index (χ2n) is 6.84. The fourth-order valence-electron chi connectivity index (χ4n) is 3.34. The van der Waals surface area contributed by atoms with E-state index in [0.29, 0.717) is 25.2 Å². The lowest BCUT2D eigenvalue weighted by Crippen LogP contribution is -2.44. The molecule has 1 saturated heterocycles. The lowest BCUT2D eigenvalue weighted by Gasteiger charge is -2.33. The van der Waals surface area contributed by atoms with Crippen molar-refractivity contribution < 1.29 is 23.9 Å². The summed E-state index contributed by atoms with van der Waals surface area (Å²) < 4.78 is 14.2. The molecule has 1 fully saturated rings. The highest BCUT2D eigenvalue weighted by Crippen LogP contribution is 2.20. The number of nitrogens with one attached hydrogen (secondary N) is 1. The summed E-state index contributed by atoms with van der Waals surface area (Å²) in [6.45, 7) is 1.34. The van der Waals surface area contributed by atoms with Crippen molar-refractivity contribution in [2.45, 2.75) is 12.8 Å². The zero-order chi connectivity index (χ0) is 20.1. The summed E-state index contributed by atoms with van der Waals surface area (Å²) in [6, 6.07) is 12.2. The fourth-order valence-corrected chi connectivity index (χ4v) is 3.34. The van der Waals surface area contributed by atoms with Gasteiger partial charge in [0.2, 0.25) is 0 Å². The van der Waals surface area contributed by atoms with Crippen LogP contribution in [0.25, 0.3) is 0 Å². The van der Waals surface area contributed by atoms with Gasteiger partial charge in [0, 0.05) is 25.2 Å². The van der Waals surface area contributed by atoms with Crippen LogP contribution in [-0.2, 0) is 0 Å². The Bertz CT molecular complexity index is 885. The average Bonchev–Trinajstić information content (AvgIpc) is 2.72. The van der Waals surface area contributed by atoms with Gasteiger partial charge in [0.15, 0.2) is 0 Å². The summed E-state index contributed by atoms with van der Waals surface area (Å²) in [5, 5.41) is 11.8. The number of benzene rings is 2. The second kappa shape index (κ2) is 8.65. The van der Waals surface area contributed by atoms with Crippen molar-refractivity contribution in [3.05, 3.63) is 71.0 Å². The maximum atomic E-state index is 14.2. The van der Waals surface area contributed by atoms with Gasteiger partial charge in [-0.15, -0.1) is 0 Å². The Morgan fingerprint density at radius 2 is 1.86 bits per heavy atom. The van der Waals surface area contributed by atoms with Crippen LogP contribution in [0.1, 0.15) is 43.9 Å². The second-order valence-corrected chi connectivity index (χ2v) is 6.84. The van der Waals surface area contributed by atoms with E-state index in [1.54, 1.807) is 29.2 Å². The molecular weight excluding hydrogens is 363 g/mol. The van der Waals surface area contributed by atoms with Gasteiger partial charge in [-0.2, -0.15) is 0 Å². The number of nitrogens with zero attached hydrogens (tertiary/aromatic N) is 1. The summed E-state index contributed by atoms with van der Waals surface area (Å²) in [6.07, 6.45) is 1.62. The largest absolute Gasteiger partial charge is 0.478 e. The van der Waals surface area contributed by atoms with Gasteiger partial charge < -0.3 is 15.3 Å². The highest BCUT2D eigenvalue weighted by Gasteiger charge is 2.26. The van der Waals surface area contributed by atoms with E-state index >= 15 is 0 Å². The lowest BCUT2D eigenvalue weighted by molar-refractivity contribution is 0.0659. The molecule has 2 N–H and O–H groups in total. The molecule has 1 atom stereocenters. The predicted octanol–water partition coefficient (Wildman–Crippen LogP) is 2.81. The molecule has 2 aromatic carbocycles. The Kier molecular flexibility index (Phi) is 6.03. The summed E-state index contributed by atoms with van der Waals surface area (Å²) in [7, 11) is 0. The first-order valence-corrected chi connectivity index (χ1v) is 9.11. The maximum absolute atomic E-state index is 14.2. The van der Waals surface area contributed by atoms with Crippen molar-refractivity contribution in [1.29, 1.82) is 0 Å². The first-order chi connectivity index (χ1) is 13.5. The van der Waals surface area contributed by atoms with Crippen molar-refractivity contribution >= 4 is 17.8 Å². The van der Waals surface area contributed by atoms with Crippen LogP contribution in [0, 0.1) is 11.7 Å². The average molecular weight is 384 g/mol. The number of aromatic carboxylic acids is 1. The number of carboxylic acids is 1. The first kappa shape index (κ1) is 19.5. The predicted molar refractivity (Wildman–Crippen MR) is 101 cm³/mol. The van der Waals surface area contributed by atoms with Crippen LogP contribution in [0.15, 0.2) is 48.5 Å². The zero-order valence-corrected chi connectivity index (χ0v) is 15.2. The number of hydrogen-bond donors (Lipinski definition) is 2. The molecule has 1 aliphatic rings. The van der Waals surface area contributed by atoms with Crippen LogP contribution in [-0.4, -0.2) is 47.4 Å². The van der Waals surface area contributed by atoms with Crippen LogP contribution in [0.5, 0.6) is 0 Å². The van der Waals surface area contributed by atoms with E-state index in [1.807, 2.05) is 6.07 Å². The van der Waals surface area contributed by atoms with Gasteiger partial charge in [-0.25, -0.2) is 9.18 Å². The van der Waals surface area contributed by atoms with Crippen molar-refractivity contribution in [1.82, 2.24) is 10.2 Å². The molecule has 0 bridgehead atoms. The number of carboxylic acid groups (broad SMARTS) is 1. The molecule has 28 heavy (non-hydrogen) atoms. The van der Waals surface area contributed by atoms with Gasteiger partial charge in [0.05, 0.1) is 11.1 Å². The quantitative estimate of drug-likeness (QED) is 0.830. The Balaban J connectivity index is 1.60. The Morgan fingerprint density at radius 3 is 2.54 bits per heavy atom. The molecule has 1 heterocycles. The molecule has 146 valence electrons. The monoisotopic (exact) mass is 384 g/mol. The van der Waals surface area contributed by atoms with Crippen LogP contribution in [0.2, 0.25) is 0 Å². The molecule has 3 rings (SSSR count). The number of carbonyl (C=O) groups is 3. The molecule has 0 aliphatic carbocycles. The summed E-state index contributed by atoms with van der Waals surface area (Å²) >= 11 is 0. The molecule has 7 heteroatoms. The smallest absolute Gasteiger partial charge is 0.335 e. The number of piperidine rings is 1. The third-order valence-electron chi connectivity index (χ3n) is 4.84. The molecule has 0 saturated carbocycles. The minimum Gasteiger partial charge on any atom is -0.478 e. The number of likely N-dealkylation sites (tertiary alicyclic amines) is 1.